The molecule has 2 rings (SSSR count). The molecule has 2 saturated heterocycles. The van der Waals surface area contributed by atoms with Crippen molar-refractivity contribution in [2.45, 2.75) is 31.8 Å². The molecule has 0 bridgehead atoms. The van der Waals surface area contributed by atoms with Crippen molar-refractivity contribution >= 4 is 17.7 Å². The first-order chi connectivity index (χ1) is 8.86. The second-order valence-electron chi connectivity index (χ2n) is 4.99. The first-order valence-electron chi connectivity index (χ1n) is 7.04. The van der Waals surface area contributed by atoms with E-state index >= 15 is 0 Å². The van der Waals surface area contributed by atoms with Crippen LogP contribution >= 0.6 is 11.8 Å². The van der Waals surface area contributed by atoms with Crippen LogP contribution in [0.4, 0.5) is 0 Å². The summed E-state index contributed by atoms with van der Waals surface area (Å²) >= 11 is 1.73. The number of rotatable bonds is 4. The van der Waals surface area contributed by atoms with Crippen LogP contribution < -0.4 is 5.32 Å². The molecule has 1 N–H and O–H groups in total. The molecule has 1 atom stereocenters. The summed E-state index contributed by atoms with van der Waals surface area (Å²) in [5.74, 6) is 1.87. The van der Waals surface area contributed by atoms with E-state index in [0.717, 1.165) is 51.4 Å². The molecule has 4 nitrogen and oxygen atoms in total. The van der Waals surface area contributed by atoms with E-state index < -0.39 is 0 Å². The smallest absolute Gasteiger partial charge is 0.232 e. The van der Waals surface area contributed by atoms with Crippen molar-refractivity contribution in [2.24, 2.45) is 0 Å². The van der Waals surface area contributed by atoms with Crippen molar-refractivity contribution in [1.82, 2.24) is 10.2 Å². The number of thioether (sulfide) groups is 1. The molecular weight excluding hydrogens is 248 g/mol. The van der Waals surface area contributed by atoms with Crippen LogP contribution in [-0.2, 0) is 9.53 Å². The van der Waals surface area contributed by atoms with Crippen LogP contribution in [0.5, 0.6) is 0 Å². The summed E-state index contributed by atoms with van der Waals surface area (Å²) in [6, 6.07) is 0. The molecule has 2 aliphatic heterocycles. The fourth-order valence-corrected chi connectivity index (χ4v) is 3.40. The monoisotopic (exact) mass is 272 g/mol. The predicted molar refractivity (Wildman–Crippen MR) is 75.0 cm³/mol. The summed E-state index contributed by atoms with van der Waals surface area (Å²) in [5.41, 5.74) is 0. The molecule has 0 saturated carbocycles. The number of nitrogens with one attached hydrogen (secondary N) is 1. The van der Waals surface area contributed by atoms with Crippen LogP contribution in [0.25, 0.3) is 0 Å². The molecule has 0 radical (unpaired) electrons. The zero-order chi connectivity index (χ0) is 12.6. The number of carbonyl (C=O) groups excluding carboxylic acids is 1. The van der Waals surface area contributed by atoms with E-state index in [-0.39, 0.29) is 0 Å². The number of hydrogen-bond donors (Lipinski definition) is 1. The molecule has 0 aromatic heterocycles. The van der Waals surface area contributed by atoms with Crippen LogP contribution in [0.3, 0.4) is 0 Å². The van der Waals surface area contributed by atoms with E-state index in [2.05, 4.69) is 5.32 Å². The van der Waals surface area contributed by atoms with Gasteiger partial charge in [-0.1, -0.05) is 0 Å². The van der Waals surface area contributed by atoms with Crippen molar-refractivity contribution in [1.29, 1.82) is 0 Å². The Kier molecular flexibility index (Phi) is 6.31. The van der Waals surface area contributed by atoms with Crippen molar-refractivity contribution in [3.63, 3.8) is 0 Å². The first-order valence-corrected chi connectivity index (χ1v) is 8.19. The third-order valence-electron chi connectivity index (χ3n) is 3.50. The summed E-state index contributed by atoms with van der Waals surface area (Å²) in [4.78, 5) is 14.0. The maximum atomic E-state index is 12.0. The minimum absolute atomic E-state index is 0.291. The third kappa shape index (κ3) is 4.78. The fourth-order valence-electron chi connectivity index (χ4n) is 2.40. The molecule has 18 heavy (non-hydrogen) atoms. The first kappa shape index (κ1) is 14.2. The van der Waals surface area contributed by atoms with Crippen molar-refractivity contribution in [3.05, 3.63) is 0 Å². The van der Waals surface area contributed by atoms with Crippen LogP contribution in [0.1, 0.15) is 25.7 Å². The van der Waals surface area contributed by atoms with Gasteiger partial charge in [-0.15, -0.1) is 11.8 Å². The number of carbonyl (C=O) groups is 1. The quantitative estimate of drug-likeness (QED) is 0.832. The SMILES string of the molecule is O=C(CSCC1CCCCO1)N1CCCNCC1. The third-order valence-corrected chi connectivity index (χ3v) is 4.55. The zero-order valence-corrected chi connectivity index (χ0v) is 11.8. The molecule has 5 heteroatoms. The number of ether oxygens (including phenoxy) is 1. The Balaban J connectivity index is 1.61. The molecule has 0 aromatic rings. The minimum atomic E-state index is 0.291. The van der Waals surface area contributed by atoms with Crippen LogP contribution in [0.15, 0.2) is 0 Å². The highest BCUT2D eigenvalue weighted by molar-refractivity contribution is 7.99. The van der Waals surface area contributed by atoms with Crippen molar-refractivity contribution < 1.29 is 9.53 Å². The van der Waals surface area contributed by atoms with E-state index in [1.807, 2.05) is 4.90 Å². The van der Waals surface area contributed by atoms with Gasteiger partial charge in [0.05, 0.1) is 11.9 Å². The Bertz CT molecular complexity index is 249. The number of amides is 1. The molecule has 0 aromatic carbocycles. The maximum Gasteiger partial charge on any atom is 0.232 e. The normalized spacial score (nSPS) is 25.8. The Morgan fingerprint density at radius 1 is 1.28 bits per heavy atom. The second-order valence-corrected chi connectivity index (χ2v) is 6.02. The molecule has 2 fully saturated rings. The van der Waals surface area contributed by atoms with E-state index in [1.54, 1.807) is 11.8 Å². The summed E-state index contributed by atoms with van der Waals surface area (Å²) in [5, 5.41) is 3.32. The highest BCUT2D eigenvalue weighted by Crippen LogP contribution is 2.17. The van der Waals surface area contributed by atoms with Crippen LogP contribution in [-0.4, -0.2) is 61.2 Å². The van der Waals surface area contributed by atoms with Crippen LogP contribution in [0.2, 0.25) is 0 Å². The Hall–Kier alpha value is -0.260. The Labute approximate surface area is 114 Å². The molecule has 0 aliphatic carbocycles. The van der Waals surface area contributed by atoms with Gasteiger partial charge in [-0.2, -0.15) is 0 Å². The van der Waals surface area contributed by atoms with Gasteiger partial charge in [0.25, 0.3) is 0 Å². The van der Waals surface area contributed by atoms with E-state index in [1.165, 1.54) is 12.8 Å². The van der Waals surface area contributed by atoms with Gasteiger partial charge in [0, 0.05) is 32.0 Å². The molecule has 0 spiro atoms. The van der Waals surface area contributed by atoms with E-state index in [4.69, 9.17) is 4.74 Å². The minimum Gasteiger partial charge on any atom is -0.377 e. The number of hydrogen-bond acceptors (Lipinski definition) is 4. The van der Waals surface area contributed by atoms with Gasteiger partial charge in [-0.25, -0.2) is 0 Å². The Morgan fingerprint density at radius 2 is 2.22 bits per heavy atom. The van der Waals surface area contributed by atoms with E-state index in [0.29, 0.717) is 17.8 Å². The molecule has 104 valence electrons. The summed E-state index contributed by atoms with van der Waals surface area (Å²) in [6.07, 6.45) is 5.08. The molecular formula is C13H24N2O2S. The lowest BCUT2D eigenvalue weighted by atomic mass is 10.1. The molecule has 1 unspecified atom stereocenters. The lowest BCUT2D eigenvalue weighted by Crippen LogP contribution is -2.35. The van der Waals surface area contributed by atoms with Gasteiger partial charge in [0.1, 0.15) is 0 Å². The number of nitrogens with zero attached hydrogens (tertiary/aromatic N) is 1. The van der Waals surface area contributed by atoms with Crippen molar-refractivity contribution in [2.75, 3.05) is 44.3 Å². The topological polar surface area (TPSA) is 41.6 Å². The molecule has 2 heterocycles. The van der Waals surface area contributed by atoms with Gasteiger partial charge in [-0.05, 0) is 32.2 Å². The summed E-state index contributed by atoms with van der Waals surface area (Å²) < 4.78 is 5.67. The average Bonchev–Trinajstić information content (AvgIpc) is 2.69. The largest absolute Gasteiger partial charge is 0.377 e. The average molecular weight is 272 g/mol. The fraction of sp³-hybridized carbons (Fsp3) is 0.923. The van der Waals surface area contributed by atoms with Gasteiger partial charge >= 0.3 is 0 Å². The summed E-state index contributed by atoms with van der Waals surface area (Å²) in [6.45, 7) is 4.64. The zero-order valence-electron chi connectivity index (χ0n) is 11.0. The molecule has 1 amide bonds. The standard InChI is InChI=1S/C13H24N2O2S/c16-13(15-7-3-5-14-6-8-15)11-18-10-12-4-1-2-9-17-12/h12,14H,1-11H2. The Morgan fingerprint density at radius 3 is 3.06 bits per heavy atom. The lowest BCUT2D eigenvalue weighted by molar-refractivity contribution is -0.128. The van der Waals surface area contributed by atoms with Gasteiger partial charge in [-0.3, -0.25) is 4.79 Å². The second kappa shape index (κ2) is 8.02. The van der Waals surface area contributed by atoms with Gasteiger partial charge < -0.3 is 15.0 Å². The predicted octanol–water partition coefficient (Wildman–Crippen LogP) is 1.11. The van der Waals surface area contributed by atoms with Crippen LogP contribution in [0, 0.1) is 0 Å². The van der Waals surface area contributed by atoms with Crippen molar-refractivity contribution in [3.8, 4) is 0 Å². The van der Waals surface area contributed by atoms with Gasteiger partial charge in [0.2, 0.25) is 5.91 Å². The highest BCUT2D eigenvalue weighted by Gasteiger charge is 2.17. The van der Waals surface area contributed by atoms with Gasteiger partial charge in [0.15, 0.2) is 0 Å². The maximum absolute atomic E-state index is 12.0. The lowest BCUT2D eigenvalue weighted by Gasteiger charge is -2.23. The van der Waals surface area contributed by atoms with E-state index in [9.17, 15) is 4.79 Å². The highest BCUT2D eigenvalue weighted by atomic mass is 32.2. The summed E-state index contributed by atoms with van der Waals surface area (Å²) in [7, 11) is 0. The molecule has 2 aliphatic rings.